The minimum atomic E-state index is -1.05. The normalized spacial score (nSPS) is 11.2. The first-order valence-electron chi connectivity index (χ1n) is 4.39. The van der Waals surface area contributed by atoms with Gasteiger partial charge in [0, 0.05) is 17.0 Å². The topological polar surface area (TPSA) is 73.3 Å². The van der Waals surface area contributed by atoms with Crippen molar-refractivity contribution in [3.05, 3.63) is 36.0 Å². The highest BCUT2D eigenvalue weighted by Gasteiger charge is 2.06. The van der Waals surface area contributed by atoms with Gasteiger partial charge in [0.2, 0.25) is 0 Å². The van der Waals surface area contributed by atoms with E-state index >= 15 is 0 Å². The number of H-pyrrole nitrogens is 1. The minimum absolute atomic E-state index is 0.0723. The molecule has 4 heteroatoms. The summed E-state index contributed by atoms with van der Waals surface area (Å²) >= 11 is 0. The lowest BCUT2D eigenvalue weighted by Crippen LogP contribution is -1.85. The molecule has 0 bridgehead atoms. The maximum Gasteiger partial charge on any atom is 0.328 e. The Labute approximate surface area is 85.5 Å². The Morgan fingerprint density at radius 2 is 2.07 bits per heavy atom. The van der Waals surface area contributed by atoms with Gasteiger partial charge in [-0.1, -0.05) is 12.1 Å². The molecule has 3 N–H and O–H groups in total. The number of benzene rings is 1. The molecule has 2 aromatic rings. The molecule has 0 aliphatic heterocycles. The molecule has 0 aliphatic rings. The van der Waals surface area contributed by atoms with Gasteiger partial charge in [-0.3, -0.25) is 0 Å². The van der Waals surface area contributed by atoms with E-state index < -0.39 is 5.97 Å². The van der Waals surface area contributed by atoms with Crippen LogP contribution in [0.1, 0.15) is 5.69 Å². The lowest BCUT2D eigenvalue weighted by atomic mass is 10.2. The number of aromatic amines is 1. The van der Waals surface area contributed by atoms with Gasteiger partial charge in [-0.25, -0.2) is 4.79 Å². The monoisotopic (exact) mass is 203 g/mol. The Morgan fingerprint density at radius 1 is 1.33 bits per heavy atom. The summed E-state index contributed by atoms with van der Waals surface area (Å²) in [5.41, 5.74) is 1.18. The van der Waals surface area contributed by atoms with Crippen LogP contribution in [0.4, 0.5) is 0 Å². The number of rotatable bonds is 2. The van der Waals surface area contributed by atoms with Crippen LogP contribution in [0.2, 0.25) is 0 Å². The van der Waals surface area contributed by atoms with Gasteiger partial charge < -0.3 is 15.2 Å². The molecule has 1 aromatic heterocycles. The first-order valence-corrected chi connectivity index (χ1v) is 4.39. The molecule has 0 aliphatic carbocycles. The third-order valence-corrected chi connectivity index (χ3v) is 2.10. The lowest BCUT2D eigenvalue weighted by molar-refractivity contribution is -0.131. The molecule has 15 heavy (non-hydrogen) atoms. The molecule has 0 spiro atoms. The first kappa shape index (κ1) is 9.33. The smallest absolute Gasteiger partial charge is 0.328 e. The molecule has 0 unspecified atom stereocenters. The second-order valence-corrected chi connectivity index (χ2v) is 3.10. The maximum atomic E-state index is 10.3. The summed E-state index contributed by atoms with van der Waals surface area (Å²) in [5, 5.41) is 18.9. The van der Waals surface area contributed by atoms with Crippen molar-refractivity contribution in [1.29, 1.82) is 0 Å². The molecule has 0 saturated carbocycles. The number of nitrogens with one attached hydrogen (secondary N) is 1. The zero-order chi connectivity index (χ0) is 10.8. The Hall–Kier alpha value is -2.23. The summed E-state index contributed by atoms with van der Waals surface area (Å²) in [6.07, 6.45) is 2.31. The molecule has 1 heterocycles. The quantitative estimate of drug-likeness (QED) is 0.653. The molecule has 4 nitrogen and oxygen atoms in total. The summed E-state index contributed by atoms with van der Waals surface area (Å²) in [5.74, 6) is -0.976. The Kier molecular flexibility index (Phi) is 2.17. The molecule has 0 fully saturated rings. The molecule has 2 rings (SSSR count). The largest absolute Gasteiger partial charge is 0.505 e. The van der Waals surface area contributed by atoms with Crippen LogP contribution in [-0.4, -0.2) is 21.2 Å². The van der Waals surface area contributed by atoms with Gasteiger partial charge in [-0.15, -0.1) is 0 Å². The van der Waals surface area contributed by atoms with Crippen molar-refractivity contribution in [2.75, 3.05) is 0 Å². The van der Waals surface area contributed by atoms with Crippen molar-refractivity contribution < 1.29 is 15.0 Å². The van der Waals surface area contributed by atoms with Gasteiger partial charge in [0.05, 0.1) is 5.69 Å². The second kappa shape index (κ2) is 3.49. The number of hydrogen-bond donors (Lipinski definition) is 3. The van der Waals surface area contributed by atoms with Gasteiger partial charge >= 0.3 is 5.97 Å². The van der Waals surface area contributed by atoms with Crippen molar-refractivity contribution in [2.24, 2.45) is 0 Å². The Morgan fingerprint density at radius 3 is 2.73 bits per heavy atom. The number of aliphatic carboxylic acids is 1. The van der Waals surface area contributed by atoms with Crippen molar-refractivity contribution in [2.45, 2.75) is 0 Å². The average molecular weight is 203 g/mol. The van der Waals surface area contributed by atoms with E-state index in [0.717, 1.165) is 11.6 Å². The highest BCUT2D eigenvalue weighted by Crippen LogP contribution is 2.29. The number of hydrogen-bond acceptors (Lipinski definition) is 2. The van der Waals surface area contributed by atoms with Crippen LogP contribution in [0.15, 0.2) is 30.3 Å². The van der Waals surface area contributed by atoms with Crippen molar-refractivity contribution in [1.82, 2.24) is 4.98 Å². The van der Waals surface area contributed by atoms with E-state index in [2.05, 4.69) is 4.98 Å². The molecular weight excluding hydrogens is 194 g/mol. The fourth-order valence-corrected chi connectivity index (χ4v) is 1.42. The molecular formula is C11H9NO3. The SMILES string of the molecule is O=C(O)C=Cc1[nH]c2ccccc2c1O. The third-order valence-electron chi connectivity index (χ3n) is 2.10. The summed E-state index contributed by atoms with van der Waals surface area (Å²) in [6.45, 7) is 0. The van der Waals surface area contributed by atoms with Gasteiger partial charge in [0.15, 0.2) is 0 Å². The number of carboxylic acids is 1. The second-order valence-electron chi connectivity index (χ2n) is 3.10. The minimum Gasteiger partial charge on any atom is -0.505 e. The maximum absolute atomic E-state index is 10.3. The van der Waals surface area contributed by atoms with E-state index in [-0.39, 0.29) is 5.75 Å². The predicted octanol–water partition coefficient (Wildman–Crippen LogP) is 1.97. The number of carbonyl (C=O) groups is 1. The third kappa shape index (κ3) is 1.69. The summed E-state index contributed by atoms with van der Waals surface area (Å²) in [7, 11) is 0. The van der Waals surface area contributed by atoms with Gasteiger partial charge in [-0.2, -0.15) is 0 Å². The highest BCUT2D eigenvalue weighted by atomic mass is 16.4. The first-order chi connectivity index (χ1) is 7.18. The van der Waals surface area contributed by atoms with Gasteiger partial charge in [0.25, 0.3) is 0 Å². The average Bonchev–Trinajstić information content (AvgIpc) is 2.54. The van der Waals surface area contributed by atoms with E-state index in [1.165, 1.54) is 6.08 Å². The standard InChI is InChI=1S/C11H9NO3/c13-10(14)6-5-9-11(15)7-3-1-2-4-8(7)12-9/h1-6,12,15H,(H,13,14). The zero-order valence-electron chi connectivity index (χ0n) is 7.77. The number of carboxylic acid groups (broad SMARTS) is 1. The van der Waals surface area contributed by atoms with Crippen LogP contribution in [-0.2, 0) is 4.79 Å². The number of fused-ring (bicyclic) bond motifs is 1. The van der Waals surface area contributed by atoms with E-state index in [4.69, 9.17) is 5.11 Å². The fourth-order valence-electron chi connectivity index (χ4n) is 1.42. The summed E-state index contributed by atoms with van der Waals surface area (Å²) in [4.78, 5) is 13.2. The zero-order valence-corrected chi connectivity index (χ0v) is 7.77. The van der Waals surface area contributed by atoms with Crippen LogP contribution in [0.5, 0.6) is 5.75 Å². The molecule has 0 amide bonds. The highest BCUT2D eigenvalue weighted by molar-refractivity contribution is 5.92. The predicted molar refractivity (Wildman–Crippen MR) is 56.6 cm³/mol. The van der Waals surface area contributed by atoms with Gasteiger partial charge in [0.1, 0.15) is 5.75 Å². The molecule has 1 aromatic carbocycles. The lowest BCUT2D eigenvalue weighted by Gasteiger charge is -1.88. The van der Waals surface area contributed by atoms with Crippen LogP contribution in [0.3, 0.4) is 0 Å². The number of aromatic nitrogens is 1. The van der Waals surface area contributed by atoms with Crippen molar-refractivity contribution in [3.63, 3.8) is 0 Å². The fraction of sp³-hybridized carbons (Fsp3) is 0. The van der Waals surface area contributed by atoms with E-state index in [1.807, 2.05) is 12.1 Å². The van der Waals surface area contributed by atoms with Gasteiger partial charge in [-0.05, 0) is 18.2 Å². The van der Waals surface area contributed by atoms with Crippen LogP contribution in [0, 0.1) is 0 Å². The Bertz CT molecular complexity index is 540. The molecule has 0 radical (unpaired) electrons. The van der Waals surface area contributed by atoms with E-state index in [0.29, 0.717) is 11.1 Å². The molecule has 0 saturated heterocycles. The Balaban J connectivity index is 2.53. The molecule has 0 atom stereocenters. The van der Waals surface area contributed by atoms with E-state index in [1.54, 1.807) is 12.1 Å². The van der Waals surface area contributed by atoms with Crippen molar-refractivity contribution in [3.8, 4) is 5.75 Å². The van der Waals surface area contributed by atoms with Crippen molar-refractivity contribution >= 4 is 22.9 Å². The van der Waals surface area contributed by atoms with Crippen LogP contribution >= 0.6 is 0 Å². The van der Waals surface area contributed by atoms with Crippen LogP contribution in [0.25, 0.3) is 17.0 Å². The van der Waals surface area contributed by atoms with E-state index in [9.17, 15) is 9.90 Å². The summed E-state index contributed by atoms with van der Waals surface area (Å²) < 4.78 is 0. The number of para-hydroxylation sites is 1. The molecule has 76 valence electrons. The summed E-state index contributed by atoms with van der Waals surface area (Å²) in [6, 6.07) is 7.22. The number of aromatic hydroxyl groups is 1. The van der Waals surface area contributed by atoms with Crippen LogP contribution < -0.4 is 0 Å².